The number of rotatable bonds is 4. The summed E-state index contributed by atoms with van der Waals surface area (Å²) in [4.78, 5) is 2.33. The molecule has 0 spiro atoms. The molecular weight excluding hydrogens is 574 g/mol. The van der Waals surface area contributed by atoms with Gasteiger partial charge in [0, 0.05) is 44.7 Å². The Kier molecular flexibility index (Phi) is 5.57. The van der Waals surface area contributed by atoms with Gasteiger partial charge in [0.05, 0.1) is 0 Å². The van der Waals surface area contributed by atoms with Crippen LogP contribution < -0.4 is 4.90 Å². The van der Waals surface area contributed by atoms with Gasteiger partial charge in [-0.2, -0.15) is 0 Å². The second-order valence-electron chi connectivity index (χ2n) is 12.2. The predicted molar refractivity (Wildman–Crippen MR) is 196 cm³/mol. The Morgan fingerprint density at radius 1 is 0.319 bits per heavy atom. The Balaban J connectivity index is 1.21. The quantitative estimate of drug-likeness (QED) is 0.201. The van der Waals surface area contributed by atoms with Crippen LogP contribution in [0.25, 0.3) is 76.5 Å². The van der Waals surface area contributed by atoms with Crippen LogP contribution in [0.15, 0.2) is 173 Å². The molecule has 0 radical (unpaired) electrons. The molecule has 10 aromatic rings. The van der Waals surface area contributed by atoms with Gasteiger partial charge in [0.15, 0.2) is 0 Å². The van der Waals surface area contributed by atoms with Crippen LogP contribution in [-0.4, -0.2) is 0 Å². The number of furan rings is 2. The molecule has 2 heterocycles. The van der Waals surface area contributed by atoms with Gasteiger partial charge < -0.3 is 13.7 Å². The highest BCUT2D eigenvalue weighted by Gasteiger charge is 2.18. The van der Waals surface area contributed by atoms with E-state index in [0.29, 0.717) is 0 Å². The highest BCUT2D eigenvalue weighted by Crippen LogP contribution is 2.43. The molecule has 0 aliphatic heterocycles. The van der Waals surface area contributed by atoms with Crippen molar-refractivity contribution in [1.82, 2.24) is 0 Å². The number of benzene rings is 8. The Bertz CT molecular complexity index is 2810. The van der Waals surface area contributed by atoms with Crippen molar-refractivity contribution >= 4 is 82.5 Å². The number of hydrogen-bond donors (Lipinski definition) is 0. The Morgan fingerprint density at radius 2 is 1.00 bits per heavy atom. The highest BCUT2D eigenvalue weighted by atomic mass is 16.3. The van der Waals surface area contributed by atoms with Gasteiger partial charge in [0.25, 0.3) is 0 Å². The van der Waals surface area contributed by atoms with Crippen molar-refractivity contribution in [3.63, 3.8) is 0 Å². The zero-order chi connectivity index (χ0) is 30.9. The average Bonchev–Trinajstić information content (AvgIpc) is 3.69. The van der Waals surface area contributed by atoms with Crippen LogP contribution in [0.5, 0.6) is 0 Å². The Labute approximate surface area is 270 Å². The summed E-state index contributed by atoms with van der Waals surface area (Å²) in [5.74, 6) is 0. The lowest BCUT2D eigenvalue weighted by Crippen LogP contribution is -2.10. The van der Waals surface area contributed by atoms with Gasteiger partial charge in [-0.15, -0.1) is 0 Å². The molecule has 2 aromatic heterocycles. The van der Waals surface area contributed by atoms with E-state index in [9.17, 15) is 0 Å². The van der Waals surface area contributed by atoms with Crippen molar-refractivity contribution in [3.05, 3.63) is 164 Å². The third-order valence-corrected chi connectivity index (χ3v) is 9.39. The lowest BCUT2D eigenvalue weighted by molar-refractivity contribution is 0.669. The molecule has 220 valence electrons. The summed E-state index contributed by atoms with van der Waals surface area (Å²) >= 11 is 0. The van der Waals surface area contributed by atoms with Gasteiger partial charge in [-0.1, -0.05) is 97.1 Å². The van der Waals surface area contributed by atoms with E-state index in [2.05, 4.69) is 157 Å². The third-order valence-electron chi connectivity index (χ3n) is 9.39. The Hall–Kier alpha value is -6.32. The molecule has 0 aliphatic rings. The van der Waals surface area contributed by atoms with Gasteiger partial charge in [-0.3, -0.25) is 0 Å². The van der Waals surface area contributed by atoms with Crippen molar-refractivity contribution in [1.29, 1.82) is 0 Å². The standard InChI is InChI=1S/C44H27NO2/c1-2-9-28(10-3-1)30-13-8-14-33(23-30)45(34-19-17-29-18-22-41-44(38(29)26-34)37-15-6-7-16-40(37)46-41)35-20-21-36-39-24-31-11-4-5-12-32(31)25-42(39)47-43(36)27-35/h1-27H. The van der Waals surface area contributed by atoms with Gasteiger partial charge >= 0.3 is 0 Å². The van der Waals surface area contributed by atoms with Crippen molar-refractivity contribution in [2.45, 2.75) is 0 Å². The number of hydrogen-bond acceptors (Lipinski definition) is 3. The second-order valence-corrected chi connectivity index (χ2v) is 12.2. The molecule has 0 bridgehead atoms. The second kappa shape index (κ2) is 10.1. The molecule has 0 fully saturated rings. The van der Waals surface area contributed by atoms with E-state index < -0.39 is 0 Å². The summed E-state index contributed by atoms with van der Waals surface area (Å²) in [6, 6.07) is 57.9. The SMILES string of the molecule is c1ccc(-c2cccc(N(c3ccc4c(c3)oc3cc5ccccc5cc34)c3ccc4ccc5oc6ccccc6c5c4c3)c2)cc1. The molecule has 0 N–H and O–H groups in total. The van der Waals surface area contributed by atoms with Crippen LogP contribution in [0.4, 0.5) is 17.1 Å². The molecule has 0 atom stereocenters. The van der Waals surface area contributed by atoms with Crippen molar-refractivity contribution in [2.24, 2.45) is 0 Å². The molecular formula is C44H27NO2. The van der Waals surface area contributed by atoms with E-state index in [-0.39, 0.29) is 0 Å². The maximum atomic E-state index is 6.54. The summed E-state index contributed by atoms with van der Waals surface area (Å²) in [5, 5.41) is 9.21. The smallest absolute Gasteiger partial charge is 0.137 e. The fourth-order valence-electron chi connectivity index (χ4n) is 7.16. The summed E-state index contributed by atoms with van der Waals surface area (Å²) in [7, 11) is 0. The number of para-hydroxylation sites is 1. The van der Waals surface area contributed by atoms with Crippen LogP contribution >= 0.6 is 0 Å². The molecule has 10 rings (SSSR count). The number of fused-ring (bicyclic) bond motifs is 9. The fourth-order valence-corrected chi connectivity index (χ4v) is 7.16. The van der Waals surface area contributed by atoms with E-state index >= 15 is 0 Å². The van der Waals surface area contributed by atoms with Crippen LogP contribution in [0.1, 0.15) is 0 Å². The first-order valence-corrected chi connectivity index (χ1v) is 15.9. The molecule has 0 unspecified atom stereocenters. The zero-order valence-electron chi connectivity index (χ0n) is 25.4. The van der Waals surface area contributed by atoms with E-state index in [0.717, 1.165) is 71.9 Å². The molecule has 3 nitrogen and oxygen atoms in total. The topological polar surface area (TPSA) is 29.5 Å². The van der Waals surface area contributed by atoms with Crippen LogP contribution in [-0.2, 0) is 0 Å². The molecule has 0 saturated carbocycles. The fraction of sp³-hybridized carbons (Fsp3) is 0. The lowest BCUT2D eigenvalue weighted by Gasteiger charge is -2.26. The zero-order valence-corrected chi connectivity index (χ0v) is 25.4. The first kappa shape index (κ1) is 26.0. The molecule has 0 saturated heterocycles. The van der Waals surface area contributed by atoms with Crippen molar-refractivity contribution in [2.75, 3.05) is 4.90 Å². The normalized spacial score (nSPS) is 11.8. The molecule has 0 amide bonds. The molecule has 8 aromatic carbocycles. The largest absolute Gasteiger partial charge is 0.456 e. The summed E-state index contributed by atoms with van der Waals surface area (Å²) in [6.07, 6.45) is 0. The summed E-state index contributed by atoms with van der Waals surface area (Å²) < 4.78 is 12.8. The van der Waals surface area contributed by atoms with E-state index in [1.165, 1.54) is 21.7 Å². The maximum absolute atomic E-state index is 6.54. The first-order valence-electron chi connectivity index (χ1n) is 15.9. The van der Waals surface area contributed by atoms with Crippen LogP contribution in [0, 0.1) is 0 Å². The lowest BCUT2D eigenvalue weighted by atomic mass is 10.0. The van der Waals surface area contributed by atoms with Gasteiger partial charge in [-0.25, -0.2) is 0 Å². The van der Waals surface area contributed by atoms with Crippen LogP contribution in [0.3, 0.4) is 0 Å². The summed E-state index contributed by atoms with van der Waals surface area (Å²) in [6.45, 7) is 0. The van der Waals surface area contributed by atoms with Gasteiger partial charge in [0.2, 0.25) is 0 Å². The van der Waals surface area contributed by atoms with Crippen LogP contribution in [0.2, 0.25) is 0 Å². The average molecular weight is 602 g/mol. The summed E-state index contributed by atoms with van der Waals surface area (Å²) in [5.41, 5.74) is 9.04. The number of nitrogens with zero attached hydrogens (tertiary/aromatic N) is 1. The minimum Gasteiger partial charge on any atom is -0.456 e. The van der Waals surface area contributed by atoms with Gasteiger partial charge in [0.1, 0.15) is 22.3 Å². The van der Waals surface area contributed by atoms with E-state index in [1.54, 1.807) is 0 Å². The van der Waals surface area contributed by atoms with Gasteiger partial charge in [-0.05, 0) is 93.3 Å². The van der Waals surface area contributed by atoms with Crippen molar-refractivity contribution < 1.29 is 8.83 Å². The van der Waals surface area contributed by atoms with E-state index in [4.69, 9.17) is 8.83 Å². The highest BCUT2D eigenvalue weighted by molar-refractivity contribution is 6.19. The first-order chi connectivity index (χ1) is 23.3. The third kappa shape index (κ3) is 4.14. The number of anilines is 3. The van der Waals surface area contributed by atoms with Crippen molar-refractivity contribution in [3.8, 4) is 11.1 Å². The predicted octanol–water partition coefficient (Wildman–Crippen LogP) is 12.9. The Morgan fingerprint density at radius 3 is 1.91 bits per heavy atom. The van der Waals surface area contributed by atoms with E-state index in [1.807, 2.05) is 12.1 Å². The minimum atomic E-state index is 0.862. The molecule has 3 heteroatoms. The maximum Gasteiger partial charge on any atom is 0.137 e. The minimum absolute atomic E-state index is 0.862. The molecule has 47 heavy (non-hydrogen) atoms. The molecule has 0 aliphatic carbocycles. The monoisotopic (exact) mass is 601 g/mol.